The fourth-order valence-electron chi connectivity index (χ4n) is 3.24. The van der Waals surface area contributed by atoms with E-state index in [0.717, 1.165) is 52.7 Å². The van der Waals surface area contributed by atoms with Crippen LogP contribution in [-0.2, 0) is 5.75 Å². The van der Waals surface area contributed by atoms with E-state index >= 15 is 0 Å². The van der Waals surface area contributed by atoms with Crippen LogP contribution in [0.2, 0.25) is 0 Å². The van der Waals surface area contributed by atoms with Gasteiger partial charge in [0.15, 0.2) is 4.34 Å². The molecule has 0 amide bonds. The van der Waals surface area contributed by atoms with Gasteiger partial charge in [-0.2, -0.15) is 0 Å². The molecule has 8 nitrogen and oxygen atoms in total. The third-order valence-electron chi connectivity index (χ3n) is 4.64. The van der Waals surface area contributed by atoms with E-state index in [9.17, 15) is 4.79 Å². The van der Waals surface area contributed by atoms with Gasteiger partial charge in [-0.3, -0.25) is 9.78 Å². The molecule has 152 valence electrons. The van der Waals surface area contributed by atoms with Gasteiger partial charge in [-0.15, -0.1) is 10.2 Å². The first-order chi connectivity index (χ1) is 14.1. The number of hydrogen-bond acceptors (Lipinski definition) is 9. The van der Waals surface area contributed by atoms with E-state index in [0.29, 0.717) is 11.7 Å². The number of aromatic amines is 1. The lowest BCUT2D eigenvalue weighted by atomic mass is 10.2. The van der Waals surface area contributed by atoms with Crippen molar-refractivity contribution in [2.75, 3.05) is 43.1 Å². The van der Waals surface area contributed by atoms with Gasteiger partial charge in [0.2, 0.25) is 5.95 Å². The van der Waals surface area contributed by atoms with Crippen LogP contribution in [0.3, 0.4) is 0 Å². The number of methoxy groups -OCH3 is 1. The zero-order chi connectivity index (χ0) is 20.2. The van der Waals surface area contributed by atoms with Crippen molar-refractivity contribution in [2.45, 2.75) is 17.0 Å². The van der Waals surface area contributed by atoms with Crippen molar-refractivity contribution < 1.29 is 4.74 Å². The van der Waals surface area contributed by atoms with E-state index in [1.54, 1.807) is 36.3 Å². The molecule has 1 N–H and O–H groups in total. The van der Waals surface area contributed by atoms with Crippen molar-refractivity contribution in [1.82, 2.24) is 20.2 Å². The molecule has 0 saturated carbocycles. The second-order valence-corrected chi connectivity index (χ2v) is 8.99. The summed E-state index contributed by atoms with van der Waals surface area (Å²) in [4.78, 5) is 24.1. The predicted molar refractivity (Wildman–Crippen MR) is 116 cm³/mol. The molecule has 1 aromatic carbocycles. The van der Waals surface area contributed by atoms with Gasteiger partial charge in [0.1, 0.15) is 10.8 Å². The summed E-state index contributed by atoms with van der Waals surface area (Å²) in [5, 5.41) is 9.06. The molecule has 1 saturated heterocycles. The number of benzene rings is 1. The Labute approximate surface area is 176 Å². The highest BCUT2D eigenvalue weighted by Gasteiger charge is 2.21. The summed E-state index contributed by atoms with van der Waals surface area (Å²) in [6.45, 7) is 5.12. The Kier molecular flexibility index (Phi) is 6.00. The van der Waals surface area contributed by atoms with Crippen LogP contribution < -0.4 is 20.1 Å². The number of aryl methyl sites for hydroxylation is 1. The summed E-state index contributed by atoms with van der Waals surface area (Å²) in [5.74, 6) is 2.09. The predicted octanol–water partition coefficient (Wildman–Crippen LogP) is 2.56. The molecule has 1 aliphatic heterocycles. The SMILES string of the molecule is COc1ccccc1N1CCN(c2nc(CSc3nnc(C)s3)cc(=O)[nH]2)CC1. The molecule has 3 aromatic rings. The summed E-state index contributed by atoms with van der Waals surface area (Å²) in [6, 6.07) is 9.59. The van der Waals surface area contributed by atoms with Crippen LogP contribution in [0, 0.1) is 6.92 Å². The van der Waals surface area contributed by atoms with E-state index < -0.39 is 0 Å². The first-order valence-electron chi connectivity index (χ1n) is 9.28. The van der Waals surface area contributed by atoms with Gasteiger partial charge in [-0.1, -0.05) is 35.2 Å². The molecule has 2 aromatic heterocycles. The first kappa shape index (κ1) is 19.7. The fraction of sp³-hybridized carbons (Fsp3) is 0.368. The highest BCUT2D eigenvalue weighted by molar-refractivity contribution is 8.00. The third kappa shape index (κ3) is 4.70. The summed E-state index contributed by atoms with van der Waals surface area (Å²) in [7, 11) is 1.69. The molecular weight excluding hydrogens is 408 g/mol. The molecule has 3 heterocycles. The summed E-state index contributed by atoms with van der Waals surface area (Å²) in [6.07, 6.45) is 0. The minimum atomic E-state index is -0.133. The van der Waals surface area contributed by atoms with Gasteiger partial charge >= 0.3 is 0 Å². The van der Waals surface area contributed by atoms with Crippen LogP contribution >= 0.6 is 23.1 Å². The average Bonchev–Trinajstić information content (AvgIpc) is 3.17. The molecule has 29 heavy (non-hydrogen) atoms. The number of hydrogen-bond donors (Lipinski definition) is 1. The maximum Gasteiger partial charge on any atom is 0.252 e. The van der Waals surface area contributed by atoms with E-state index in [4.69, 9.17) is 4.74 Å². The van der Waals surface area contributed by atoms with Crippen LogP contribution in [0.1, 0.15) is 10.7 Å². The number of H-pyrrole nitrogens is 1. The molecule has 1 aliphatic rings. The van der Waals surface area contributed by atoms with Crippen molar-refractivity contribution in [2.24, 2.45) is 0 Å². The van der Waals surface area contributed by atoms with Crippen molar-refractivity contribution in [1.29, 1.82) is 0 Å². The number of nitrogens with one attached hydrogen (secondary N) is 1. The maximum atomic E-state index is 12.2. The quantitative estimate of drug-likeness (QED) is 0.597. The van der Waals surface area contributed by atoms with E-state index in [-0.39, 0.29) is 5.56 Å². The van der Waals surface area contributed by atoms with Gasteiger partial charge in [0.05, 0.1) is 18.5 Å². The maximum absolute atomic E-state index is 12.2. The second kappa shape index (κ2) is 8.83. The van der Waals surface area contributed by atoms with Gasteiger partial charge in [-0.25, -0.2) is 4.98 Å². The molecule has 0 bridgehead atoms. The summed E-state index contributed by atoms with van der Waals surface area (Å²) in [5.41, 5.74) is 1.70. The molecule has 0 unspecified atom stereocenters. The largest absolute Gasteiger partial charge is 0.495 e. The van der Waals surface area contributed by atoms with Crippen LogP contribution in [0.4, 0.5) is 11.6 Å². The Morgan fingerprint density at radius 2 is 1.93 bits per heavy atom. The number of nitrogens with zero attached hydrogens (tertiary/aromatic N) is 5. The molecule has 0 radical (unpaired) electrons. The third-order valence-corrected chi connectivity index (χ3v) is 6.64. The number of piperazine rings is 1. The Bertz CT molecular complexity index is 1030. The number of aromatic nitrogens is 4. The van der Waals surface area contributed by atoms with E-state index in [1.807, 2.05) is 25.1 Å². The van der Waals surface area contributed by atoms with E-state index in [2.05, 4.69) is 36.0 Å². The molecular formula is C19H22N6O2S2. The second-order valence-electron chi connectivity index (χ2n) is 6.58. The highest BCUT2D eigenvalue weighted by atomic mass is 32.2. The minimum absolute atomic E-state index is 0.133. The Morgan fingerprint density at radius 1 is 1.17 bits per heavy atom. The molecule has 0 aliphatic carbocycles. The molecule has 1 fully saturated rings. The topological polar surface area (TPSA) is 87.2 Å². The summed E-state index contributed by atoms with van der Waals surface area (Å²) < 4.78 is 6.37. The molecule has 0 atom stereocenters. The Hall–Kier alpha value is -2.59. The number of thioether (sulfide) groups is 1. The van der Waals surface area contributed by atoms with Gasteiger partial charge < -0.3 is 14.5 Å². The highest BCUT2D eigenvalue weighted by Crippen LogP contribution is 2.29. The van der Waals surface area contributed by atoms with Crippen molar-refractivity contribution in [3.8, 4) is 5.75 Å². The molecule has 0 spiro atoms. The Balaban J connectivity index is 1.43. The first-order valence-corrected chi connectivity index (χ1v) is 11.1. The summed E-state index contributed by atoms with van der Waals surface area (Å²) >= 11 is 3.09. The van der Waals surface area contributed by atoms with Crippen LogP contribution in [0.25, 0.3) is 0 Å². The van der Waals surface area contributed by atoms with Gasteiger partial charge in [0.25, 0.3) is 5.56 Å². The van der Waals surface area contributed by atoms with Crippen molar-refractivity contribution >= 4 is 34.7 Å². The lowest BCUT2D eigenvalue weighted by molar-refractivity contribution is 0.413. The zero-order valence-electron chi connectivity index (χ0n) is 16.3. The van der Waals surface area contributed by atoms with Crippen LogP contribution in [-0.4, -0.2) is 53.5 Å². The lowest BCUT2D eigenvalue weighted by Crippen LogP contribution is -2.47. The minimum Gasteiger partial charge on any atom is -0.495 e. The Morgan fingerprint density at radius 3 is 2.66 bits per heavy atom. The lowest BCUT2D eigenvalue weighted by Gasteiger charge is -2.36. The van der Waals surface area contributed by atoms with Crippen LogP contribution in [0.15, 0.2) is 39.5 Å². The average molecular weight is 431 g/mol. The number of rotatable bonds is 6. The van der Waals surface area contributed by atoms with Crippen molar-refractivity contribution in [3.63, 3.8) is 0 Å². The standard InChI is InChI=1S/C19H22N6O2S2/c1-13-22-23-19(29-13)28-12-14-11-17(26)21-18(20-14)25-9-7-24(8-10-25)15-5-3-4-6-16(15)27-2/h3-6,11H,7-10,12H2,1-2H3,(H,20,21,26). The fourth-order valence-corrected chi connectivity index (χ4v) is 4.95. The number of anilines is 2. The van der Waals surface area contributed by atoms with E-state index in [1.165, 1.54) is 0 Å². The van der Waals surface area contributed by atoms with Crippen molar-refractivity contribution in [3.05, 3.63) is 51.4 Å². The zero-order valence-corrected chi connectivity index (χ0v) is 17.9. The van der Waals surface area contributed by atoms with Gasteiger partial charge in [0, 0.05) is 38.0 Å². The monoisotopic (exact) mass is 430 g/mol. The normalized spacial score (nSPS) is 14.3. The van der Waals surface area contributed by atoms with Gasteiger partial charge in [-0.05, 0) is 19.1 Å². The number of ether oxygens (including phenoxy) is 1. The molecule has 10 heteroatoms. The smallest absolute Gasteiger partial charge is 0.252 e. The molecule has 4 rings (SSSR count). The number of para-hydroxylation sites is 2. The van der Waals surface area contributed by atoms with Crippen LogP contribution in [0.5, 0.6) is 5.75 Å².